The first-order valence-electron chi connectivity index (χ1n) is 6.24. The highest BCUT2D eigenvalue weighted by molar-refractivity contribution is 5.39. The molecule has 3 heteroatoms. The fraction of sp³-hybridized carbons (Fsp3) is 0.571. The van der Waals surface area contributed by atoms with Gasteiger partial charge in [-0.25, -0.2) is 0 Å². The predicted molar refractivity (Wildman–Crippen MR) is 68.6 cm³/mol. The largest absolute Gasteiger partial charge is 0.486 e. The van der Waals surface area contributed by atoms with Crippen LogP contribution in [0.25, 0.3) is 0 Å². The van der Waals surface area contributed by atoms with Gasteiger partial charge in [0.25, 0.3) is 0 Å². The number of nitrogens with one attached hydrogen (secondary N) is 1. The van der Waals surface area contributed by atoms with Crippen LogP contribution in [0.2, 0.25) is 0 Å². The Bertz CT molecular complexity index is 390. The van der Waals surface area contributed by atoms with Gasteiger partial charge in [-0.3, -0.25) is 0 Å². The standard InChI is InChI=1S/C14H21NO2/c1-9(2)11-5-4-10(3)6-13(11)17-14-8-15-7-12(14)16/h4-6,9,12,14-16H,7-8H2,1-3H3. The van der Waals surface area contributed by atoms with Crippen molar-refractivity contribution in [3.63, 3.8) is 0 Å². The summed E-state index contributed by atoms with van der Waals surface area (Å²) < 4.78 is 5.95. The van der Waals surface area contributed by atoms with Gasteiger partial charge in [0, 0.05) is 13.1 Å². The lowest BCUT2D eigenvalue weighted by molar-refractivity contribution is 0.0729. The summed E-state index contributed by atoms with van der Waals surface area (Å²) in [6, 6.07) is 6.27. The summed E-state index contributed by atoms with van der Waals surface area (Å²) in [5, 5.41) is 12.9. The Kier molecular flexibility index (Phi) is 3.69. The average Bonchev–Trinajstić information content (AvgIpc) is 2.64. The fourth-order valence-corrected chi connectivity index (χ4v) is 2.14. The van der Waals surface area contributed by atoms with Crippen molar-refractivity contribution in [2.24, 2.45) is 0 Å². The smallest absolute Gasteiger partial charge is 0.138 e. The van der Waals surface area contributed by atoms with Crippen LogP contribution in [0, 0.1) is 6.92 Å². The van der Waals surface area contributed by atoms with Crippen LogP contribution in [0.5, 0.6) is 5.75 Å². The van der Waals surface area contributed by atoms with Gasteiger partial charge in [-0.1, -0.05) is 26.0 Å². The van der Waals surface area contributed by atoms with E-state index in [0.29, 0.717) is 19.0 Å². The van der Waals surface area contributed by atoms with Gasteiger partial charge in [0.1, 0.15) is 18.0 Å². The highest BCUT2D eigenvalue weighted by Crippen LogP contribution is 2.29. The van der Waals surface area contributed by atoms with Crippen LogP contribution < -0.4 is 10.1 Å². The molecule has 0 saturated carbocycles. The molecular formula is C14H21NO2. The Hall–Kier alpha value is -1.06. The maximum absolute atomic E-state index is 9.76. The maximum Gasteiger partial charge on any atom is 0.138 e. The molecule has 0 aromatic heterocycles. The highest BCUT2D eigenvalue weighted by atomic mass is 16.5. The number of hydrogen-bond donors (Lipinski definition) is 2. The molecule has 1 heterocycles. The van der Waals surface area contributed by atoms with Gasteiger partial charge in [-0.2, -0.15) is 0 Å². The topological polar surface area (TPSA) is 41.5 Å². The monoisotopic (exact) mass is 235 g/mol. The summed E-state index contributed by atoms with van der Waals surface area (Å²) in [4.78, 5) is 0. The third-order valence-electron chi connectivity index (χ3n) is 3.20. The molecule has 1 aromatic rings. The minimum absolute atomic E-state index is 0.130. The van der Waals surface area contributed by atoms with Gasteiger partial charge in [0.15, 0.2) is 0 Å². The lowest BCUT2D eigenvalue weighted by Crippen LogP contribution is -2.30. The van der Waals surface area contributed by atoms with E-state index >= 15 is 0 Å². The van der Waals surface area contributed by atoms with Crippen LogP contribution >= 0.6 is 0 Å². The summed E-state index contributed by atoms with van der Waals surface area (Å²) >= 11 is 0. The van der Waals surface area contributed by atoms with E-state index in [1.807, 2.05) is 0 Å². The third kappa shape index (κ3) is 2.79. The molecule has 0 radical (unpaired) electrons. The number of aliphatic hydroxyl groups is 1. The Balaban J connectivity index is 2.21. The quantitative estimate of drug-likeness (QED) is 0.840. The average molecular weight is 235 g/mol. The number of hydrogen-bond acceptors (Lipinski definition) is 3. The van der Waals surface area contributed by atoms with E-state index in [9.17, 15) is 5.11 Å². The number of β-amino-alcohol motifs (C(OH)–C–C–N with tert-alkyl or cyclic N) is 1. The lowest BCUT2D eigenvalue weighted by Gasteiger charge is -2.20. The van der Waals surface area contributed by atoms with E-state index in [1.54, 1.807) is 0 Å². The molecule has 1 aromatic carbocycles. The van der Waals surface area contributed by atoms with E-state index in [2.05, 4.69) is 44.3 Å². The Morgan fingerprint density at radius 1 is 1.35 bits per heavy atom. The second kappa shape index (κ2) is 5.07. The maximum atomic E-state index is 9.76. The van der Waals surface area contributed by atoms with Crippen molar-refractivity contribution in [3.8, 4) is 5.75 Å². The van der Waals surface area contributed by atoms with Crippen LogP contribution in [-0.2, 0) is 0 Å². The SMILES string of the molecule is Cc1ccc(C(C)C)c(OC2CNCC2O)c1. The van der Waals surface area contributed by atoms with Crippen molar-refractivity contribution in [1.29, 1.82) is 0 Å². The molecule has 0 aliphatic carbocycles. The van der Waals surface area contributed by atoms with Crippen LogP contribution in [0.3, 0.4) is 0 Å². The number of aryl methyl sites for hydroxylation is 1. The van der Waals surface area contributed by atoms with E-state index < -0.39 is 6.10 Å². The molecule has 1 saturated heterocycles. The van der Waals surface area contributed by atoms with E-state index in [-0.39, 0.29) is 6.10 Å². The summed E-state index contributed by atoms with van der Waals surface area (Å²) in [6.45, 7) is 7.70. The minimum Gasteiger partial charge on any atom is -0.486 e. The van der Waals surface area contributed by atoms with E-state index in [1.165, 1.54) is 11.1 Å². The molecule has 1 fully saturated rings. The zero-order chi connectivity index (χ0) is 12.4. The first-order chi connectivity index (χ1) is 8.08. The molecule has 0 bridgehead atoms. The first-order valence-corrected chi connectivity index (χ1v) is 6.24. The minimum atomic E-state index is -0.407. The zero-order valence-electron chi connectivity index (χ0n) is 10.7. The van der Waals surface area contributed by atoms with Gasteiger partial charge >= 0.3 is 0 Å². The zero-order valence-corrected chi connectivity index (χ0v) is 10.7. The molecule has 2 unspecified atom stereocenters. The summed E-state index contributed by atoms with van der Waals surface area (Å²) in [7, 11) is 0. The van der Waals surface area contributed by atoms with Crippen molar-refractivity contribution >= 4 is 0 Å². The summed E-state index contributed by atoms with van der Waals surface area (Å²) in [5.74, 6) is 1.34. The number of rotatable bonds is 3. The molecule has 0 spiro atoms. The highest BCUT2D eigenvalue weighted by Gasteiger charge is 2.27. The molecule has 94 valence electrons. The van der Waals surface area contributed by atoms with Crippen molar-refractivity contribution in [1.82, 2.24) is 5.32 Å². The third-order valence-corrected chi connectivity index (χ3v) is 3.20. The predicted octanol–water partition coefficient (Wildman–Crippen LogP) is 1.83. The van der Waals surface area contributed by atoms with Crippen LogP contribution in [0.1, 0.15) is 30.9 Å². The van der Waals surface area contributed by atoms with Gasteiger partial charge < -0.3 is 15.2 Å². The first kappa shape index (κ1) is 12.4. The van der Waals surface area contributed by atoms with Crippen molar-refractivity contribution in [2.45, 2.75) is 38.9 Å². The Morgan fingerprint density at radius 3 is 2.71 bits per heavy atom. The molecule has 17 heavy (non-hydrogen) atoms. The number of aliphatic hydroxyl groups excluding tert-OH is 1. The summed E-state index contributed by atoms with van der Waals surface area (Å²) in [6.07, 6.45) is -0.537. The Labute approximate surface area is 103 Å². The van der Waals surface area contributed by atoms with Gasteiger partial charge in [0.05, 0.1) is 0 Å². The number of benzene rings is 1. The van der Waals surface area contributed by atoms with E-state index in [0.717, 1.165) is 5.75 Å². The molecule has 2 atom stereocenters. The van der Waals surface area contributed by atoms with E-state index in [4.69, 9.17) is 4.74 Å². The molecular weight excluding hydrogens is 214 g/mol. The van der Waals surface area contributed by atoms with Gasteiger partial charge in [0.2, 0.25) is 0 Å². The molecule has 1 aliphatic heterocycles. The molecule has 2 N–H and O–H groups in total. The molecule has 2 rings (SSSR count). The van der Waals surface area contributed by atoms with Crippen LogP contribution in [0.15, 0.2) is 18.2 Å². The lowest BCUT2D eigenvalue weighted by atomic mass is 10.0. The van der Waals surface area contributed by atoms with Crippen molar-refractivity contribution in [3.05, 3.63) is 29.3 Å². The van der Waals surface area contributed by atoms with Crippen LogP contribution in [0.4, 0.5) is 0 Å². The van der Waals surface area contributed by atoms with Crippen molar-refractivity contribution < 1.29 is 9.84 Å². The molecule has 0 amide bonds. The Morgan fingerprint density at radius 2 is 2.12 bits per heavy atom. The second-order valence-electron chi connectivity index (χ2n) is 5.08. The van der Waals surface area contributed by atoms with Crippen molar-refractivity contribution in [2.75, 3.05) is 13.1 Å². The van der Waals surface area contributed by atoms with Crippen LogP contribution in [-0.4, -0.2) is 30.4 Å². The molecule has 1 aliphatic rings. The molecule has 3 nitrogen and oxygen atoms in total. The number of ether oxygens (including phenoxy) is 1. The second-order valence-corrected chi connectivity index (χ2v) is 5.08. The summed E-state index contributed by atoms with van der Waals surface area (Å²) in [5.41, 5.74) is 2.39. The van der Waals surface area contributed by atoms with Gasteiger partial charge in [-0.05, 0) is 30.0 Å². The fourth-order valence-electron chi connectivity index (χ4n) is 2.14. The van der Waals surface area contributed by atoms with Gasteiger partial charge in [-0.15, -0.1) is 0 Å². The normalized spacial score (nSPS) is 24.3.